The van der Waals surface area contributed by atoms with E-state index in [1.807, 2.05) is 0 Å². The van der Waals surface area contributed by atoms with E-state index in [1.165, 1.54) is 0 Å². The molecule has 2 heterocycles. The van der Waals surface area contributed by atoms with E-state index >= 15 is 0 Å². The molecule has 18 heavy (non-hydrogen) atoms. The first kappa shape index (κ1) is 14.0. The zero-order valence-corrected chi connectivity index (χ0v) is 13.2. The van der Waals surface area contributed by atoms with Crippen LogP contribution in [0.5, 0.6) is 0 Å². The maximum Gasteiger partial charge on any atom is 0.264 e. The average Bonchev–Trinajstić information content (AvgIpc) is 2.70. The first-order valence-corrected chi connectivity index (χ1v) is 7.49. The lowest BCUT2D eigenvalue weighted by Gasteiger charge is -2.13. The first-order valence-electron chi connectivity index (χ1n) is 6.41. The van der Waals surface area contributed by atoms with Crippen molar-refractivity contribution in [3.63, 3.8) is 0 Å². The van der Waals surface area contributed by atoms with E-state index in [0.717, 1.165) is 25.0 Å². The Labute approximate surface area is 121 Å². The van der Waals surface area contributed by atoms with Gasteiger partial charge in [0.2, 0.25) is 0 Å². The zero-order valence-electron chi connectivity index (χ0n) is 11.0. The molecule has 1 aliphatic heterocycles. The summed E-state index contributed by atoms with van der Waals surface area (Å²) >= 11 is 2.08. The van der Waals surface area contributed by atoms with E-state index < -0.39 is 0 Å². The maximum absolute atomic E-state index is 11.9. The second-order valence-corrected chi connectivity index (χ2v) is 6.40. The number of rotatable bonds is 3. The standard InChI is InChI=1S/C13H19IN2O2/c1-7(2)6-9-11(14)13(17)16-12(15-9)10-5-4-8(3)18-10/h7-8,10H,4-6H2,1-3H3,(H,15,16,17). The van der Waals surface area contributed by atoms with E-state index in [4.69, 9.17) is 4.74 Å². The summed E-state index contributed by atoms with van der Waals surface area (Å²) < 4.78 is 6.47. The number of aromatic nitrogens is 2. The first-order chi connectivity index (χ1) is 8.47. The molecule has 0 aliphatic carbocycles. The highest BCUT2D eigenvalue weighted by Crippen LogP contribution is 2.30. The van der Waals surface area contributed by atoms with Gasteiger partial charge in [-0.15, -0.1) is 0 Å². The van der Waals surface area contributed by atoms with E-state index in [-0.39, 0.29) is 17.8 Å². The monoisotopic (exact) mass is 362 g/mol. The van der Waals surface area contributed by atoms with Crippen LogP contribution in [0.15, 0.2) is 4.79 Å². The number of H-pyrrole nitrogens is 1. The second kappa shape index (κ2) is 5.69. The summed E-state index contributed by atoms with van der Waals surface area (Å²) in [6.45, 7) is 6.32. The van der Waals surface area contributed by atoms with Crippen molar-refractivity contribution in [1.82, 2.24) is 9.97 Å². The Kier molecular flexibility index (Phi) is 4.42. The SMILES string of the molecule is CC(C)Cc1nc(C2CCC(C)O2)[nH]c(=O)c1I. The average molecular weight is 362 g/mol. The lowest BCUT2D eigenvalue weighted by molar-refractivity contribution is 0.0499. The molecule has 0 bridgehead atoms. The highest BCUT2D eigenvalue weighted by atomic mass is 127. The van der Waals surface area contributed by atoms with Crippen LogP contribution in [-0.2, 0) is 11.2 Å². The van der Waals surface area contributed by atoms with Crippen molar-refractivity contribution in [2.24, 2.45) is 5.92 Å². The summed E-state index contributed by atoms with van der Waals surface area (Å²) in [6.07, 6.45) is 3.01. The molecule has 1 aliphatic rings. The number of hydrogen-bond acceptors (Lipinski definition) is 3. The molecule has 5 heteroatoms. The highest BCUT2D eigenvalue weighted by molar-refractivity contribution is 14.1. The largest absolute Gasteiger partial charge is 0.367 e. The number of nitrogens with zero attached hydrogens (tertiary/aromatic N) is 1. The van der Waals surface area contributed by atoms with Gasteiger partial charge in [-0.25, -0.2) is 4.98 Å². The van der Waals surface area contributed by atoms with Gasteiger partial charge >= 0.3 is 0 Å². The third-order valence-corrected chi connectivity index (χ3v) is 4.20. The Morgan fingerprint density at radius 3 is 2.78 bits per heavy atom. The number of nitrogens with one attached hydrogen (secondary N) is 1. The van der Waals surface area contributed by atoms with Crippen LogP contribution >= 0.6 is 22.6 Å². The summed E-state index contributed by atoms with van der Waals surface area (Å²) in [7, 11) is 0. The van der Waals surface area contributed by atoms with Crippen molar-refractivity contribution in [3.05, 3.63) is 25.4 Å². The number of ether oxygens (including phenoxy) is 1. The summed E-state index contributed by atoms with van der Waals surface area (Å²) in [6, 6.07) is 0. The van der Waals surface area contributed by atoms with Gasteiger partial charge in [-0.3, -0.25) is 4.79 Å². The molecule has 1 aromatic rings. The molecule has 2 rings (SSSR count). The molecular weight excluding hydrogens is 343 g/mol. The summed E-state index contributed by atoms with van der Waals surface area (Å²) in [5.41, 5.74) is 0.854. The Balaban J connectivity index is 2.32. The van der Waals surface area contributed by atoms with Crippen molar-refractivity contribution < 1.29 is 4.74 Å². The van der Waals surface area contributed by atoms with Crippen LogP contribution < -0.4 is 5.56 Å². The predicted octanol–water partition coefficient (Wildman–Crippen LogP) is 2.81. The van der Waals surface area contributed by atoms with Crippen molar-refractivity contribution in [2.45, 2.75) is 52.2 Å². The Morgan fingerprint density at radius 1 is 1.50 bits per heavy atom. The van der Waals surface area contributed by atoms with Crippen molar-refractivity contribution in [3.8, 4) is 0 Å². The van der Waals surface area contributed by atoms with Crippen molar-refractivity contribution >= 4 is 22.6 Å². The minimum Gasteiger partial charge on any atom is -0.367 e. The van der Waals surface area contributed by atoms with Gasteiger partial charge < -0.3 is 9.72 Å². The molecule has 0 saturated carbocycles. The van der Waals surface area contributed by atoms with Crippen LogP contribution in [-0.4, -0.2) is 16.1 Å². The topological polar surface area (TPSA) is 55.0 Å². The molecule has 0 spiro atoms. The molecule has 1 aromatic heterocycles. The molecule has 1 fully saturated rings. The number of halogens is 1. The zero-order chi connectivity index (χ0) is 13.3. The van der Waals surface area contributed by atoms with E-state index in [9.17, 15) is 4.79 Å². The van der Waals surface area contributed by atoms with Crippen LogP contribution in [0.25, 0.3) is 0 Å². The van der Waals surface area contributed by atoms with Crippen LogP contribution in [0.3, 0.4) is 0 Å². The van der Waals surface area contributed by atoms with Gasteiger partial charge in [-0.05, 0) is 54.7 Å². The highest BCUT2D eigenvalue weighted by Gasteiger charge is 2.26. The molecule has 1 N–H and O–H groups in total. The second-order valence-electron chi connectivity index (χ2n) is 5.32. The minimum atomic E-state index is -0.0457. The fourth-order valence-corrected chi connectivity index (χ4v) is 2.68. The lowest BCUT2D eigenvalue weighted by Crippen LogP contribution is -2.21. The molecule has 4 nitrogen and oxygen atoms in total. The molecule has 0 radical (unpaired) electrons. The van der Waals surface area contributed by atoms with Gasteiger partial charge in [0, 0.05) is 0 Å². The van der Waals surface area contributed by atoms with Gasteiger partial charge in [-0.2, -0.15) is 0 Å². The molecule has 100 valence electrons. The van der Waals surface area contributed by atoms with Gasteiger partial charge in [0.15, 0.2) is 0 Å². The number of hydrogen-bond donors (Lipinski definition) is 1. The number of aromatic amines is 1. The predicted molar refractivity (Wildman–Crippen MR) is 78.6 cm³/mol. The third-order valence-electron chi connectivity index (χ3n) is 3.09. The summed E-state index contributed by atoms with van der Waals surface area (Å²) in [5.74, 6) is 1.18. The van der Waals surface area contributed by atoms with Crippen LogP contribution in [0.4, 0.5) is 0 Å². The molecule has 1 saturated heterocycles. The molecule has 0 aromatic carbocycles. The summed E-state index contributed by atoms with van der Waals surface area (Å²) in [4.78, 5) is 19.4. The van der Waals surface area contributed by atoms with Gasteiger partial charge in [0.1, 0.15) is 11.9 Å². The van der Waals surface area contributed by atoms with Crippen molar-refractivity contribution in [2.75, 3.05) is 0 Å². The minimum absolute atomic E-state index is 0.0422. The van der Waals surface area contributed by atoms with Crippen molar-refractivity contribution in [1.29, 1.82) is 0 Å². The van der Waals surface area contributed by atoms with E-state index in [2.05, 4.69) is 53.3 Å². The maximum atomic E-state index is 11.9. The quantitative estimate of drug-likeness (QED) is 0.842. The lowest BCUT2D eigenvalue weighted by atomic mass is 10.1. The Bertz CT molecular complexity index is 484. The van der Waals surface area contributed by atoms with Gasteiger partial charge in [0.05, 0.1) is 15.4 Å². The smallest absolute Gasteiger partial charge is 0.264 e. The van der Waals surface area contributed by atoms with Crippen LogP contribution in [0, 0.1) is 9.49 Å². The van der Waals surface area contributed by atoms with Crippen LogP contribution in [0.2, 0.25) is 0 Å². The normalized spacial score (nSPS) is 23.8. The van der Waals surface area contributed by atoms with E-state index in [1.54, 1.807) is 0 Å². The van der Waals surface area contributed by atoms with E-state index in [0.29, 0.717) is 15.3 Å². The fourth-order valence-electron chi connectivity index (χ4n) is 2.20. The molecule has 2 atom stereocenters. The molecule has 2 unspecified atom stereocenters. The third kappa shape index (κ3) is 3.12. The molecular formula is C13H19IN2O2. The van der Waals surface area contributed by atoms with Gasteiger partial charge in [-0.1, -0.05) is 13.8 Å². The fraction of sp³-hybridized carbons (Fsp3) is 0.692. The van der Waals surface area contributed by atoms with Crippen LogP contribution in [0.1, 0.15) is 51.2 Å². The summed E-state index contributed by atoms with van der Waals surface area (Å²) in [5, 5.41) is 0. The molecule has 0 amide bonds. The Morgan fingerprint density at radius 2 is 2.22 bits per heavy atom. The van der Waals surface area contributed by atoms with Gasteiger partial charge in [0.25, 0.3) is 5.56 Å². The Hall–Kier alpha value is -0.430.